The molecule has 0 bridgehead atoms. The smallest absolute Gasteiger partial charge is 0.230 e. The lowest BCUT2D eigenvalue weighted by atomic mass is 9.94. The summed E-state index contributed by atoms with van der Waals surface area (Å²) in [5.41, 5.74) is 6.45. The quantitative estimate of drug-likeness (QED) is 0.650. The average Bonchev–Trinajstić information content (AvgIpc) is 3.49. The lowest BCUT2D eigenvalue weighted by Crippen LogP contribution is -2.37. The van der Waals surface area contributed by atoms with Crippen LogP contribution in [0.2, 0.25) is 0 Å². The zero-order valence-electron chi connectivity index (χ0n) is 18.6. The van der Waals surface area contributed by atoms with Crippen molar-refractivity contribution in [3.63, 3.8) is 0 Å². The van der Waals surface area contributed by atoms with E-state index in [1.54, 1.807) is 0 Å². The molecule has 1 N–H and O–H groups in total. The molecule has 1 amide bonds. The predicted molar refractivity (Wildman–Crippen MR) is 123 cm³/mol. The minimum Gasteiger partial charge on any atom is -0.338 e. The highest BCUT2D eigenvalue weighted by Crippen LogP contribution is 2.27. The lowest BCUT2D eigenvalue weighted by molar-refractivity contribution is -0.131. The van der Waals surface area contributed by atoms with E-state index in [0.29, 0.717) is 12.4 Å². The number of amides is 1. The Kier molecular flexibility index (Phi) is 5.99. The van der Waals surface area contributed by atoms with Gasteiger partial charge in [0.05, 0.1) is 6.42 Å². The predicted octanol–water partition coefficient (Wildman–Crippen LogP) is 3.02. The van der Waals surface area contributed by atoms with Crippen molar-refractivity contribution in [2.24, 2.45) is 0 Å². The lowest BCUT2D eigenvalue weighted by Gasteiger charge is -2.29. The first kappa shape index (κ1) is 20.8. The summed E-state index contributed by atoms with van der Waals surface area (Å²) >= 11 is 0. The molecule has 0 spiro atoms. The maximum atomic E-state index is 12.6. The number of aromatic nitrogens is 4. The van der Waals surface area contributed by atoms with Gasteiger partial charge in [-0.05, 0) is 67.0 Å². The normalized spacial score (nSPS) is 18.7. The highest BCUT2D eigenvalue weighted by molar-refractivity contribution is 5.78. The molecule has 166 valence electrons. The molecule has 1 aromatic heterocycles. The van der Waals surface area contributed by atoms with E-state index in [4.69, 9.17) is 0 Å². The molecule has 0 saturated carbocycles. The first-order valence-corrected chi connectivity index (χ1v) is 11.6. The number of hydrogen-bond donors (Lipinski definition) is 1. The molecule has 2 aliphatic heterocycles. The number of carbonyl (C=O) groups is 1. The van der Waals surface area contributed by atoms with Gasteiger partial charge >= 0.3 is 0 Å². The monoisotopic (exact) mass is 430 g/mol. The Balaban J connectivity index is 1.21. The van der Waals surface area contributed by atoms with Gasteiger partial charge in [0.25, 0.3) is 0 Å². The number of fused-ring (bicyclic) bond motifs is 1. The van der Waals surface area contributed by atoms with E-state index < -0.39 is 0 Å². The molecule has 1 saturated heterocycles. The van der Waals surface area contributed by atoms with Crippen molar-refractivity contribution in [1.82, 2.24) is 30.4 Å². The number of H-pyrrole nitrogens is 1. The molecule has 2 aliphatic rings. The van der Waals surface area contributed by atoms with Crippen LogP contribution < -0.4 is 0 Å². The Bertz CT molecular complexity index is 1060. The van der Waals surface area contributed by atoms with Crippen LogP contribution in [0.4, 0.5) is 0 Å². The molecular weight excluding hydrogens is 400 g/mol. The second kappa shape index (κ2) is 9.20. The van der Waals surface area contributed by atoms with Crippen molar-refractivity contribution >= 4 is 5.91 Å². The van der Waals surface area contributed by atoms with Crippen LogP contribution in [-0.4, -0.2) is 62.0 Å². The van der Waals surface area contributed by atoms with Crippen LogP contribution in [0.3, 0.4) is 0 Å². The summed E-state index contributed by atoms with van der Waals surface area (Å²) in [6.45, 7) is 6.10. The van der Waals surface area contributed by atoms with E-state index in [1.807, 2.05) is 4.90 Å². The first-order chi connectivity index (χ1) is 15.7. The van der Waals surface area contributed by atoms with Gasteiger partial charge in [-0.25, -0.2) is 0 Å². The average molecular weight is 431 g/mol. The van der Waals surface area contributed by atoms with Gasteiger partial charge in [-0.1, -0.05) is 47.7 Å². The minimum atomic E-state index is 0.0417. The van der Waals surface area contributed by atoms with Crippen molar-refractivity contribution in [2.45, 2.75) is 51.6 Å². The van der Waals surface area contributed by atoms with Crippen molar-refractivity contribution in [1.29, 1.82) is 0 Å². The van der Waals surface area contributed by atoms with Gasteiger partial charge in [0.1, 0.15) is 0 Å². The molecule has 32 heavy (non-hydrogen) atoms. The van der Waals surface area contributed by atoms with E-state index in [2.05, 4.69) is 74.9 Å². The summed E-state index contributed by atoms with van der Waals surface area (Å²) in [7, 11) is 0. The van der Waals surface area contributed by atoms with Gasteiger partial charge in [0.2, 0.25) is 5.91 Å². The van der Waals surface area contributed by atoms with Crippen LogP contribution in [0.15, 0.2) is 42.5 Å². The summed E-state index contributed by atoms with van der Waals surface area (Å²) in [6.07, 6.45) is 4.84. The SMILES string of the molecule is CC1CCCN1CCc1ccc(-c2ccc3c(c2)CCN(C(=O)Cc2nn[nH]n2)C3)cc1. The maximum absolute atomic E-state index is 12.6. The number of hydrogen-bond acceptors (Lipinski definition) is 5. The number of tetrazole rings is 1. The Morgan fingerprint density at radius 2 is 1.94 bits per heavy atom. The van der Waals surface area contributed by atoms with Gasteiger partial charge in [-0.2, -0.15) is 5.21 Å². The molecule has 2 aromatic carbocycles. The van der Waals surface area contributed by atoms with E-state index in [-0.39, 0.29) is 12.3 Å². The summed E-state index contributed by atoms with van der Waals surface area (Å²) in [4.78, 5) is 17.0. The van der Waals surface area contributed by atoms with E-state index in [0.717, 1.165) is 32.0 Å². The Morgan fingerprint density at radius 1 is 1.09 bits per heavy atom. The van der Waals surface area contributed by atoms with E-state index in [1.165, 1.54) is 47.2 Å². The van der Waals surface area contributed by atoms with Gasteiger partial charge in [-0.3, -0.25) is 4.79 Å². The number of benzene rings is 2. The number of carbonyl (C=O) groups excluding carboxylic acids is 1. The molecular formula is C25H30N6O. The van der Waals surface area contributed by atoms with E-state index >= 15 is 0 Å². The van der Waals surface area contributed by atoms with Crippen LogP contribution in [0, 0.1) is 0 Å². The Labute approximate surface area is 188 Å². The van der Waals surface area contributed by atoms with Crippen molar-refractivity contribution in [3.8, 4) is 11.1 Å². The van der Waals surface area contributed by atoms with Crippen LogP contribution in [0.5, 0.6) is 0 Å². The highest BCUT2D eigenvalue weighted by Gasteiger charge is 2.22. The van der Waals surface area contributed by atoms with Gasteiger partial charge in [-0.15, -0.1) is 10.2 Å². The second-order valence-electron chi connectivity index (χ2n) is 9.03. The van der Waals surface area contributed by atoms with E-state index in [9.17, 15) is 4.79 Å². The fourth-order valence-electron chi connectivity index (χ4n) is 4.91. The number of nitrogens with zero attached hydrogens (tertiary/aromatic N) is 5. The fraction of sp³-hybridized carbons (Fsp3) is 0.440. The molecule has 0 radical (unpaired) electrons. The zero-order chi connectivity index (χ0) is 21.9. The molecule has 3 heterocycles. The van der Waals surface area contributed by atoms with Crippen molar-refractivity contribution in [2.75, 3.05) is 19.6 Å². The second-order valence-corrected chi connectivity index (χ2v) is 9.03. The molecule has 7 heteroatoms. The Morgan fingerprint density at radius 3 is 2.69 bits per heavy atom. The summed E-state index contributed by atoms with van der Waals surface area (Å²) in [6, 6.07) is 16.4. The topological polar surface area (TPSA) is 78.0 Å². The third-order valence-electron chi connectivity index (χ3n) is 6.94. The maximum Gasteiger partial charge on any atom is 0.230 e. The summed E-state index contributed by atoms with van der Waals surface area (Å²) < 4.78 is 0. The largest absolute Gasteiger partial charge is 0.338 e. The van der Waals surface area contributed by atoms with Crippen LogP contribution in [0.25, 0.3) is 11.1 Å². The third kappa shape index (κ3) is 4.58. The molecule has 1 unspecified atom stereocenters. The molecule has 0 aliphatic carbocycles. The molecule has 1 atom stereocenters. The summed E-state index contributed by atoms with van der Waals surface area (Å²) in [5.74, 6) is 0.481. The third-order valence-corrected chi connectivity index (χ3v) is 6.94. The van der Waals surface area contributed by atoms with Crippen molar-refractivity contribution in [3.05, 3.63) is 65.0 Å². The van der Waals surface area contributed by atoms with Crippen molar-refractivity contribution < 1.29 is 4.79 Å². The van der Waals surface area contributed by atoms with Crippen LogP contribution >= 0.6 is 0 Å². The minimum absolute atomic E-state index is 0.0417. The molecule has 7 nitrogen and oxygen atoms in total. The van der Waals surface area contributed by atoms with Crippen LogP contribution in [0.1, 0.15) is 42.3 Å². The van der Waals surface area contributed by atoms with Gasteiger partial charge < -0.3 is 9.80 Å². The fourth-order valence-corrected chi connectivity index (χ4v) is 4.91. The highest BCUT2D eigenvalue weighted by atomic mass is 16.2. The number of aromatic amines is 1. The first-order valence-electron chi connectivity index (χ1n) is 11.6. The number of rotatable bonds is 6. The summed E-state index contributed by atoms with van der Waals surface area (Å²) in [5, 5.41) is 13.7. The van der Waals surface area contributed by atoms with Crippen LogP contribution in [-0.2, 0) is 30.6 Å². The molecule has 1 fully saturated rings. The zero-order valence-corrected chi connectivity index (χ0v) is 18.6. The standard InChI is InChI=1S/C25H30N6O/c1-18-3-2-12-30(18)13-10-19-4-6-20(7-5-19)21-8-9-23-17-31(14-11-22(23)15-21)25(32)16-24-26-28-29-27-24/h4-9,15,18H,2-3,10-14,16-17H2,1H3,(H,26,27,28,29). The number of nitrogens with one attached hydrogen (secondary N) is 1. The number of likely N-dealkylation sites (tertiary alicyclic amines) is 1. The van der Waals surface area contributed by atoms with Gasteiger partial charge in [0.15, 0.2) is 5.82 Å². The van der Waals surface area contributed by atoms with Gasteiger partial charge in [0, 0.05) is 25.7 Å². The Hall–Kier alpha value is -3.06. The molecule has 5 rings (SSSR count). The molecule has 3 aromatic rings.